The number of nitrogens with zero attached hydrogens (tertiary/aromatic N) is 3. The number of nitrogens with one attached hydrogen (secondary N) is 1. The summed E-state index contributed by atoms with van der Waals surface area (Å²) < 4.78 is 14.2. The van der Waals surface area contributed by atoms with Crippen LogP contribution in [0.5, 0.6) is 0 Å². The predicted molar refractivity (Wildman–Crippen MR) is 101 cm³/mol. The molecule has 3 aromatic rings. The Bertz CT molecular complexity index is 1020. The molecule has 1 unspecified atom stereocenters. The molecule has 0 fully saturated rings. The normalized spacial score (nSPS) is 16.0. The third-order valence-corrected chi connectivity index (χ3v) is 4.68. The number of aromatic nitrogens is 3. The average molecular weight is 382 g/mol. The van der Waals surface area contributed by atoms with Crippen LogP contribution in [-0.4, -0.2) is 26.9 Å². The molecule has 4 rings (SSSR count). The van der Waals surface area contributed by atoms with Crippen LogP contribution in [-0.2, 0) is 29.2 Å². The Kier molecular flexibility index (Phi) is 5.12. The van der Waals surface area contributed by atoms with Gasteiger partial charge in [0.1, 0.15) is 17.6 Å². The van der Waals surface area contributed by atoms with Gasteiger partial charge in [-0.3, -0.25) is 9.36 Å². The van der Waals surface area contributed by atoms with Gasteiger partial charge >= 0.3 is 5.69 Å². The number of benzene rings is 1. The third kappa shape index (κ3) is 3.91. The molecule has 146 valence electrons. The smallest absolute Gasteiger partial charge is 0.346 e. The lowest BCUT2D eigenvalue weighted by Gasteiger charge is -2.22. The summed E-state index contributed by atoms with van der Waals surface area (Å²) in [4.78, 5) is 25.0. The van der Waals surface area contributed by atoms with Gasteiger partial charge in [0.25, 0.3) is 0 Å². The Hall–Kier alpha value is -3.13. The van der Waals surface area contributed by atoms with Crippen molar-refractivity contribution in [1.82, 2.24) is 19.7 Å². The van der Waals surface area contributed by atoms with Crippen LogP contribution < -0.4 is 11.0 Å². The molecular weight excluding hydrogens is 360 g/mol. The first-order chi connectivity index (χ1) is 13.6. The number of carbonyl (C=O) groups excluding carboxylic acids is 1. The van der Waals surface area contributed by atoms with E-state index in [1.54, 1.807) is 4.57 Å². The zero-order valence-electron chi connectivity index (χ0n) is 15.6. The van der Waals surface area contributed by atoms with E-state index >= 15 is 0 Å². The van der Waals surface area contributed by atoms with Gasteiger partial charge in [0.2, 0.25) is 5.91 Å². The van der Waals surface area contributed by atoms with Gasteiger partial charge in [0, 0.05) is 0 Å². The van der Waals surface area contributed by atoms with Crippen molar-refractivity contribution in [2.45, 2.75) is 39.1 Å². The number of furan rings is 1. The third-order valence-electron chi connectivity index (χ3n) is 4.68. The fourth-order valence-electron chi connectivity index (χ4n) is 3.28. The molecule has 0 radical (unpaired) electrons. The lowest BCUT2D eigenvalue weighted by atomic mass is 10.2. The number of carbonyl (C=O) groups is 1. The molecule has 1 amide bonds. The van der Waals surface area contributed by atoms with Crippen LogP contribution in [0.25, 0.3) is 0 Å². The van der Waals surface area contributed by atoms with Crippen LogP contribution >= 0.6 is 0 Å². The van der Waals surface area contributed by atoms with Gasteiger partial charge in [-0.1, -0.05) is 30.3 Å². The number of fused-ring (bicyclic) bond motifs is 1. The van der Waals surface area contributed by atoms with Crippen LogP contribution in [0.2, 0.25) is 0 Å². The topological polar surface area (TPSA) is 91.3 Å². The van der Waals surface area contributed by atoms with Crippen LogP contribution in [0.15, 0.2) is 51.7 Å². The molecular formula is C20H22N4O4. The molecule has 8 heteroatoms. The first-order valence-corrected chi connectivity index (χ1v) is 9.25. The molecule has 0 bridgehead atoms. The molecule has 0 aliphatic carbocycles. The second kappa shape index (κ2) is 7.85. The van der Waals surface area contributed by atoms with Gasteiger partial charge in [-0.05, 0) is 24.6 Å². The molecule has 1 aliphatic heterocycles. The average Bonchev–Trinajstić information content (AvgIpc) is 3.25. The van der Waals surface area contributed by atoms with Gasteiger partial charge in [0.15, 0.2) is 5.82 Å². The van der Waals surface area contributed by atoms with Crippen molar-refractivity contribution in [3.05, 3.63) is 75.9 Å². The molecule has 28 heavy (non-hydrogen) atoms. The number of aryl methyl sites for hydroxylation is 1. The highest BCUT2D eigenvalue weighted by molar-refractivity contribution is 5.76. The summed E-state index contributed by atoms with van der Waals surface area (Å²) in [5.41, 5.74) is 0.808. The maximum atomic E-state index is 12.7. The first kappa shape index (κ1) is 18.2. The van der Waals surface area contributed by atoms with Crippen LogP contribution in [0.1, 0.15) is 35.4 Å². The van der Waals surface area contributed by atoms with Crippen molar-refractivity contribution in [2.24, 2.45) is 0 Å². The fraction of sp³-hybridized carbons (Fsp3) is 0.350. The second-order valence-electron chi connectivity index (χ2n) is 6.79. The van der Waals surface area contributed by atoms with Crippen molar-refractivity contribution >= 4 is 5.91 Å². The molecule has 1 atom stereocenters. The van der Waals surface area contributed by atoms with Crippen molar-refractivity contribution in [3.8, 4) is 0 Å². The van der Waals surface area contributed by atoms with Crippen molar-refractivity contribution in [1.29, 1.82) is 0 Å². The lowest BCUT2D eigenvalue weighted by molar-refractivity contribution is -0.125. The van der Waals surface area contributed by atoms with E-state index in [0.29, 0.717) is 37.8 Å². The summed E-state index contributed by atoms with van der Waals surface area (Å²) in [7, 11) is 0. The summed E-state index contributed by atoms with van der Waals surface area (Å²) in [6, 6.07) is 13.3. The molecule has 1 aromatic carbocycles. The monoisotopic (exact) mass is 382 g/mol. The van der Waals surface area contributed by atoms with E-state index in [-0.39, 0.29) is 18.0 Å². The van der Waals surface area contributed by atoms with Crippen LogP contribution in [0.4, 0.5) is 0 Å². The molecule has 0 saturated carbocycles. The molecule has 0 spiro atoms. The van der Waals surface area contributed by atoms with Crippen LogP contribution in [0, 0.1) is 6.92 Å². The van der Waals surface area contributed by atoms with Crippen molar-refractivity contribution < 1.29 is 13.9 Å². The van der Waals surface area contributed by atoms with E-state index in [9.17, 15) is 9.59 Å². The number of amides is 1. The highest BCUT2D eigenvalue weighted by Crippen LogP contribution is 2.22. The lowest BCUT2D eigenvalue weighted by Crippen LogP contribution is -2.33. The fourth-order valence-corrected chi connectivity index (χ4v) is 3.28. The number of rotatable bonds is 6. The van der Waals surface area contributed by atoms with E-state index < -0.39 is 6.10 Å². The summed E-state index contributed by atoms with van der Waals surface area (Å²) in [6.45, 7) is 3.36. The largest absolute Gasteiger partial charge is 0.465 e. The highest BCUT2D eigenvalue weighted by atomic mass is 16.5. The van der Waals surface area contributed by atoms with E-state index in [0.717, 1.165) is 11.3 Å². The highest BCUT2D eigenvalue weighted by Gasteiger charge is 2.28. The number of hydrogen-bond acceptors (Lipinski definition) is 5. The molecule has 1 N–H and O–H groups in total. The quantitative estimate of drug-likeness (QED) is 0.702. The molecule has 3 heterocycles. The SMILES string of the molecule is Cc1ccc(CNC(=O)CC2OCCn3c2nn(Cc2ccccc2)c3=O)o1. The van der Waals surface area contributed by atoms with Gasteiger partial charge in [-0.2, -0.15) is 5.10 Å². The minimum Gasteiger partial charge on any atom is -0.465 e. The maximum Gasteiger partial charge on any atom is 0.346 e. The van der Waals surface area contributed by atoms with E-state index in [1.807, 2.05) is 49.4 Å². The number of hydrogen-bond donors (Lipinski definition) is 1. The van der Waals surface area contributed by atoms with Gasteiger partial charge < -0.3 is 14.5 Å². The van der Waals surface area contributed by atoms with Crippen molar-refractivity contribution in [2.75, 3.05) is 6.61 Å². The zero-order chi connectivity index (χ0) is 19.5. The first-order valence-electron chi connectivity index (χ1n) is 9.25. The Morgan fingerprint density at radius 2 is 2.07 bits per heavy atom. The Balaban J connectivity index is 1.45. The van der Waals surface area contributed by atoms with E-state index in [4.69, 9.17) is 9.15 Å². The minimum atomic E-state index is -0.545. The van der Waals surface area contributed by atoms with E-state index in [2.05, 4.69) is 10.4 Å². The second-order valence-corrected chi connectivity index (χ2v) is 6.79. The Morgan fingerprint density at radius 3 is 2.82 bits per heavy atom. The maximum absolute atomic E-state index is 12.7. The Morgan fingerprint density at radius 1 is 1.25 bits per heavy atom. The van der Waals surface area contributed by atoms with Crippen molar-refractivity contribution in [3.63, 3.8) is 0 Å². The molecule has 1 aliphatic rings. The van der Waals surface area contributed by atoms with Gasteiger partial charge in [-0.25, -0.2) is 9.48 Å². The van der Waals surface area contributed by atoms with Crippen LogP contribution in [0.3, 0.4) is 0 Å². The minimum absolute atomic E-state index is 0.0987. The van der Waals surface area contributed by atoms with Gasteiger partial charge in [-0.15, -0.1) is 0 Å². The Labute approximate surface area is 161 Å². The molecule has 8 nitrogen and oxygen atoms in total. The zero-order valence-corrected chi connectivity index (χ0v) is 15.6. The summed E-state index contributed by atoms with van der Waals surface area (Å²) in [5.74, 6) is 1.81. The standard InChI is InChI=1S/C20H22N4O4/c1-14-7-8-16(28-14)12-21-18(25)11-17-19-22-24(13-15-5-3-2-4-6-15)20(26)23(19)9-10-27-17/h2-8,17H,9-13H2,1H3,(H,21,25). The predicted octanol–water partition coefficient (Wildman–Crippen LogP) is 1.77. The van der Waals surface area contributed by atoms with E-state index in [1.165, 1.54) is 4.68 Å². The number of ether oxygens (including phenoxy) is 1. The molecule has 0 saturated heterocycles. The molecule has 2 aromatic heterocycles. The summed E-state index contributed by atoms with van der Waals surface area (Å²) in [5, 5.41) is 7.26. The summed E-state index contributed by atoms with van der Waals surface area (Å²) >= 11 is 0. The van der Waals surface area contributed by atoms with Gasteiger partial charge in [0.05, 0.1) is 32.7 Å². The summed E-state index contributed by atoms with van der Waals surface area (Å²) in [6.07, 6.45) is -0.446.